The van der Waals surface area contributed by atoms with Gasteiger partial charge in [0.1, 0.15) is 0 Å². The summed E-state index contributed by atoms with van der Waals surface area (Å²) >= 11 is 12.9. The van der Waals surface area contributed by atoms with Crippen LogP contribution in [0, 0.1) is 0 Å². The zero-order valence-electron chi connectivity index (χ0n) is 23.2. The second-order valence-corrected chi connectivity index (χ2v) is 15.3. The van der Waals surface area contributed by atoms with E-state index in [0.29, 0.717) is 34.6 Å². The predicted octanol–water partition coefficient (Wildman–Crippen LogP) is 4.78. The maximum atomic E-state index is 14.3. The molecule has 3 aromatic carbocycles. The largest absolute Gasteiger partial charge is 0.326 e. The number of carbonyl (C=O) groups excluding carboxylic acids is 2. The maximum Gasteiger partial charge on any atom is 0.255 e. The summed E-state index contributed by atoms with van der Waals surface area (Å²) in [6.07, 6.45) is 3.47. The van der Waals surface area contributed by atoms with E-state index in [4.69, 9.17) is 23.2 Å². The number of amides is 2. The molecule has 1 aliphatic heterocycles. The molecule has 0 bridgehead atoms. The van der Waals surface area contributed by atoms with E-state index in [1.54, 1.807) is 66.7 Å². The average Bonchev–Trinajstić information content (AvgIpc) is 2.93. The van der Waals surface area contributed by atoms with Gasteiger partial charge in [0, 0.05) is 27.7 Å². The van der Waals surface area contributed by atoms with Gasteiger partial charge in [-0.2, -0.15) is 0 Å². The first kappa shape index (κ1) is 31.5. The number of sulfonamides is 2. The Bertz CT molecular complexity index is 1750. The van der Waals surface area contributed by atoms with Crippen LogP contribution in [0.25, 0.3) is 0 Å². The highest BCUT2D eigenvalue weighted by Gasteiger charge is 2.49. The van der Waals surface area contributed by atoms with Gasteiger partial charge in [0.15, 0.2) is 0 Å². The smallest absolute Gasteiger partial charge is 0.255 e. The van der Waals surface area contributed by atoms with Crippen LogP contribution < -0.4 is 9.44 Å². The monoisotopic (exact) mass is 663 g/mol. The minimum Gasteiger partial charge on any atom is -0.326 e. The van der Waals surface area contributed by atoms with Crippen molar-refractivity contribution in [3.8, 4) is 0 Å². The van der Waals surface area contributed by atoms with Crippen LogP contribution in [0.15, 0.2) is 72.8 Å². The van der Waals surface area contributed by atoms with E-state index in [0.717, 1.165) is 19.1 Å². The molecule has 0 aromatic heterocycles. The molecule has 4 unspecified atom stereocenters. The van der Waals surface area contributed by atoms with E-state index in [9.17, 15) is 26.4 Å². The molecule has 9 nitrogen and oxygen atoms in total. The number of halogens is 2. The van der Waals surface area contributed by atoms with Crippen molar-refractivity contribution < 1.29 is 26.4 Å². The van der Waals surface area contributed by atoms with Crippen molar-refractivity contribution >= 4 is 55.1 Å². The number of hydrogen-bond acceptors (Lipinski definition) is 6. The molecule has 0 radical (unpaired) electrons. The van der Waals surface area contributed by atoms with Gasteiger partial charge in [-0.25, -0.2) is 21.6 Å². The van der Waals surface area contributed by atoms with Gasteiger partial charge >= 0.3 is 0 Å². The molecule has 2 aliphatic rings. The Labute approximate surface area is 261 Å². The van der Waals surface area contributed by atoms with Crippen molar-refractivity contribution in [3.63, 3.8) is 0 Å². The van der Waals surface area contributed by atoms with Crippen LogP contribution in [0.4, 0.5) is 0 Å². The predicted molar refractivity (Wildman–Crippen MR) is 166 cm³/mol. The summed E-state index contributed by atoms with van der Waals surface area (Å²) < 4.78 is 56.1. The molecule has 0 saturated heterocycles. The third-order valence-electron chi connectivity index (χ3n) is 7.85. The molecule has 1 fully saturated rings. The minimum absolute atomic E-state index is 0.183. The molecule has 4 atom stereocenters. The third kappa shape index (κ3) is 7.07. The number of carbonyl (C=O) groups is 2. The van der Waals surface area contributed by atoms with Gasteiger partial charge in [0.05, 0.1) is 24.0 Å². The summed E-state index contributed by atoms with van der Waals surface area (Å²) in [5.41, 5.74) is 1.46. The third-order valence-corrected chi connectivity index (χ3v) is 10.4. The fourth-order valence-electron chi connectivity index (χ4n) is 6.17. The van der Waals surface area contributed by atoms with Crippen molar-refractivity contribution in [2.24, 2.45) is 0 Å². The quantitative estimate of drug-likeness (QED) is 0.357. The van der Waals surface area contributed by atoms with E-state index in [1.807, 2.05) is 0 Å². The highest BCUT2D eigenvalue weighted by atomic mass is 35.5. The zero-order valence-corrected chi connectivity index (χ0v) is 26.4. The summed E-state index contributed by atoms with van der Waals surface area (Å²) in [5.74, 6) is -2.86. The molecule has 13 heteroatoms. The van der Waals surface area contributed by atoms with Crippen LogP contribution in [-0.2, 0) is 30.6 Å². The molecule has 0 spiro atoms. The van der Waals surface area contributed by atoms with E-state index < -0.39 is 61.7 Å². The van der Waals surface area contributed by atoms with Gasteiger partial charge in [0.25, 0.3) is 5.91 Å². The first-order chi connectivity index (χ1) is 20.3. The van der Waals surface area contributed by atoms with Crippen LogP contribution in [0.5, 0.6) is 0 Å². The number of nitrogens with one attached hydrogen (secondary N) is 2. The standard InChI is InChI=1S/C30H31Cl2N3O6S2/c1-42(38,39)33-25-13-7-8-14-26(25)35-28(23-16-15-20(31)17-24(23)32)27(21-11-5-6-12-22(21)30(35)37)29(36)34-43(40,41)18-19-9-3-2-4-10-19/h2-6,9-12,15-17,25-28,33H,7-8,13-14,18H2,1H3,(H,34,36). The first-order valence-electron chi connectivity index (χ1n) is 13.8. The normalized spacial score (nSPS) is 22.6. The molecule has 2 N–H and O–H groups in total. The lowest BCUT2D eigenvalue weighted by molar-refractivity contribution is -0.122. The van der Waals surface area contributed by atoms with Gasteiger partial charge in [-0.3, -0.25) is 14.3 Å². The second kappa shape index (κ2) is 12.6. The Balaban J connectivity index is 1.65. The van der Waals surface area contributed by atoms with Crippen LogP contribution >= 0.6 is 23.2 Å². The molecule has 2 amide bonds. The Morgan fingerprint density at radius 1 is 0.907 bits per heavy atom. The lowest BCUT2D eigenvalue weighted by Gasteiger charge is -2.49. The molecule has 5 rings (SSSR count). The van der Waals surface area contributed by atoms with Crippen molar-refractivity contribution in [2.75, 3.05) is 6.26 Å². The SMILES string of the molecule is CS(=O)(=O)NC1CCCCC1N1C(=O)c2ccccc2C(C(=O)NS(=O)(=O)Cc2ccccc2)C1c1ccc(Cl)cc1Cl. The number of benzene rings is 3. The van der Waals surface area contributed by atoms with Crippen LogP contribution in [0.3, 0.4) is 0 Å². The van der Waals surface area contributed by atoms with E-state index >= 15 is 0 Å². The summed E-state index contributed by atoms with van der Waals surface area (Å²) in [6, 6.07) is 17.4. The van der Waals surface area contributed by atoms with Gasteiger partial charge in [-0.15, -0.1) is 0 Å². The summed E-state index contributed by atoms with van der Waals surface area (Å²) in [7, 11) is -7.79. The van der Waals surface area contributed by atoms with E-state index in [2.05, 4.69) is 9.44 Å². The van der Waals surface area contributed by atoms with Crippen LogP contribution in [0.1, 0.15) is 64.7 Å². The first-order valence-corrected chi connectivity index (χ1v) is 18.1. The van der Waals surface area contributed by atoms with Gasteiger partial charge in [-0.1, -0.05) is 90.6 Å². The topological polar surface area (TPSA) is 130 Å². The Hall–Kier alpha value is -2.96. The fraction of sp³-hybridized carbons (Fsp3) is 0.333. The van der Waals surface area contributed by atoms with Gasteiger partial charge < -0.3 is 4.90 Å². The molecule has 228 valence electrons. The lowest BCUT2D eigenvalue weighted by Crippen LogP contribution is -2.59. The van der Waals surface area contributed by atoms with Crippen molar-refractivity contribution in [1.82, 2.24) is 14.3 Å². The molecule has 1 aliphatic carbocycles. The lowest BCUT2D eigenvalue weighted by atomic mass is 9.76. The molecule has 1 heterocycles. The average molecular weight is 665 g/mol. The maximum absolute atomic E-state index is 14.3. The fourth-order valence-corrected chi connectivity index (χ4v) is 8.66. The second-order valence-electron chi connectivity index (χ2n) is 10.9. The number of hydrogen-bond donors (Lipinski definition) is 2. The zero-order chi connectivity index (χ0) is 30.9. The highest BCUT2D eigenvalue weighted by Crippen LogP contribution is 2.48. The van der Waals surface area contributed by atoms with Crippen molar-refractivity contribution in [1.29, 1.82) is 0 Å². The van der Waals surface area contributed by atoms with Gasteiger partial charge in [0.2, 0.25) is 26.0 Å². The number of fused-ring (bicyclic) bond motifs is 1. The molecule has 1 saturated carbocycles. The van der Waals surface area contributed by atoms with E-state index in [1.165, 1.54) is 11.0 Å². The molecule has 43 heavy (non-hydrogen) atoms. The Morgan fingerprint density at radius 2 is 1.58 bits per heavy atom. The Kier molecular flexibility index (Phi) is 9.20. The summed E-state index contributed by atoms with van der Waals surface area (Å²) in [6.45, 7) is 0. The summed E-state index contributed by atoms with van der Waals surface area (Å²) in [5, 5.41) is 0.520. The summed E-state index contributed by atoms with van der Waals surface area (Å²) in [4.78, 5) is 30.0. The minimum atomic E-state index is -4.15. The highest BCUT2D eigenvalue weighted by molar-refractivity contribution is 7.89. The van der Waals surface area contributed by atoms with Gasteiger partial charge in [-0.05, 0) is 47.7 Å². The molecular weight excluding hydrogens is 633 g/mol. The molecule has 3 aromatic rings. The van der Waals surface area contributed by atoms with Crippen molar-refractivity contribution in [2.45, 2.75) is 55.5 Å². The van der Waals surface area contributed by atoms with Crippen molar-refractivity contribution in [3.05, 3.63) is 105 Å². The van der Waals surface area contributed by atoms with Crippen LogP contribution in [-0.4, -0.2) is 51.9 Å². The number of rotatable bonds is 8. The molecular formula is C30H31Cl2N3O6S2. The number of nitrogens with zero attached hydrogens (tertiary/aromatic N) is 1. The van der Waals surface area contributed by atoms with Crippen LogP contribution in [0.2, 0.25) is 10.0 Å². The Morgan fingerprint density at radius 3 is 2.28 bits per heavy atom. The van der Waals surface area contributed by atoms with E-state index in [-0.39, 0.29) is 10.6 Å².